The average Bonchev–Trinajstić information content (AvgIpc) is 3.52. The molecule has 0 aliphatic rings. The Morgan fingerprint density at radius 1 is 0.755 bits per heavy atom. The number of hydrogen-bond donors (Lipinski definition) is 9. The van der Waals surface area contributed by atoms with Crippen molar-refractivity contribution in [3.05, 3.63) is 99.3 Å². The van der Waals surface area contributed by atoms with Crippen LogP contribution in [0, 0.1) is 3.57 Å². The molecule has 0 bridgehead atoms. The van der Waals surface area contributed by atoms with E-state index < -0.39 is 53.7 Å². The number of guanidine groups is 1. The van der Waals surface area contributed by atoms with E-state index >= 15 is 0 Å². The van der Waals surface area contributed by atoms with Gasteiger partial charge in [-0.3, -0.25) is 29.0 Å². The number of nitrogens with zero attached hydrogens (tertiary/aromatic N) is 1. The summed E-state index contributed by atoms with van der Waals surface area (Å²) >= 11 is 1.96. The van der Waals surface area contributed by atoms with E-state index in [4.69, 9.17) is 17.2 Å². The Kier molecular flexibility index (Phi) is 14.6. The highest BCUT2D eigenvalue weighted by molar-refractivity contribution is 14.1. The van der Waals surface area contributed by atoms with Crippen LogP contribution in [0.1, 0.15) is 36.5 Å². The maximum Gasteiger partial charge on any atom is 0.243 e. The summed E-state index contributed by atoms with van der Waals surface area (Å²) in [6.45, 7) is 1.44. The molecule has 12 N–H and O–H groups in total. The summed E-state index contributed by atoms with van der Waals surface area (Å²) < 4.78 is 0.563. The van der Waals surface area contributed by atoms with Crippen LogP contribution < -0.4 is 38.5 Å². The van der Waals surface area contributed by atoms with E-state index in [1.807, 2.05) is 52.9 Å². The minimum atomic E-state index is -1.19. The van der Waals surface area contributed by atoms with Gasteiger partial charge in [0.1, 0.15) is 29.9 Å². The topological polar surface area (TPSA) is 260 Å². The number of rotatable bonds is 18. The number of carbonyl (C=O) groups is 5. The van der Waals surface area contributed by atoms with Crippen molar-refractivity contribution in [2.75, 3.05) is 6.54 Å². The number of nitrogens with one attached hydrogen (secondary N) is 5. The third-order valence-electron chi connectivity index (χ3n) is 8.40. The zero-order chi connectivity index (χ0) is 38.5. The summed E-state index contributed by atoms with van der Waals surface area (Å²) in [6, 6.07) is 16.7. The highest BCUT2D eigenvalue weighted by Crippen LogP contribution is 2.22. The van der Waals surface area contributed by atoms with Gasteiger partial charge >= 0.3 is 0 Å². The first-order valence-corrected chi connectivity index (χ1v) is 18.0. The average molecular weight is 838 g/mol. The standard InChI is InChI=1S/C37H44IN9O6/c1-21(48)44-30(18-23-13-14-32(49)26(38)16-23)35(52)47-31(17-22-8-3-2-4-9-22)36(53)45-28(12-7-15-42-37(40)41)34(51)46-29(33(39)50)19-24-20-43-27-11-6-5-10-25(24)27/h2-6,8-11,13-14,16,20,28-31,43,49H,7,12,15,17-19H2,1H3,(H2,39,50)(H,44,48)(H,45,53)(H,46,51)(H,47,52)(H4,40,41,42)/t28-,29-,30-,31+/m0/s1. The Hall–Kier alpha value is -5.65. The SMILES string of the molecule is CC(=O)N[C@@H](Cc1ccc(O)c(I)c1)C(=O)N[C@H](Cc1ccccc1)C(=O)N[C@@H](CCCN=C(N)N)C(=O)N[C@@H](Cc1c[nH]c2ccccc12)C(N)=O. The zero-order valence-electron chi connectivity index (χ0n) is 29.1. The lowest BCUT2D eigenvalue weighted by Gasteiger charge is -2.26. The molecule has 16 heteroatoms. The van der Waals surface area contributed by atoms with Crippen LogP contribution in [0.2, 0.25) is 0 Å². The van der Waals surface area contributed by atoms with Gasteiger partial charge in [-0.05, 0) is 70.3 Å². The molecule has 15 nitrogen and oxygen atoms in total. The molecule has 0 aliphatic carbocycles. The van der Waals surface area contributed by atoms with Crippen LogP contribution >= 0.6 is 22.6 Å². The number of phenols is 1. The molecule has 4 aromatic rings. The Balaban J connectivity index is 1.57. The highest BCUT2D eigenvalue weighted by Gasteiger charge is 2.31. The van der Waals surface area contributed by atoms with Crippen molar-refractivity contribution in [2.24, 2.45) is 22.2 Å². The van der Waals surface area contributed by atoms with Crippen molar-refractivity contribution in [3.63, 3.8) is 0 Å². The molecule has 1 heterocycles. The van der Waals surface area contributed by atoms with Gasteiger partial charge in [-0.25, -0.2) is 0 Å². The van der Waals surface area contributed by atoms with Crippen LogP contribution in [-0.4, -0.2) is 76.3 Å². The minimum absolute atomic E-state index is 0.0507. The van der Waals surface area contributed by atoms with Crippen molar-refractivity contribution in [2.45, 2.75) is 63.2 Å². The Labute approximate surface area is 320 Å². The molecule has 5 amide bonds. The summed E-state index contributed by atoms with van der Waals surface area (Å²) in [7, 11) is 0. The predicted molar refractivity (Wildman–Crippen MR) is 209 cm³/mol. The number of aromatic hydroxyl groups is 1. The number of carbonyl (C=O) groups excluding carboxylic acids is 5. The fourth-order valence-electron chi connectivity index (χ4n) is 5.76. The van der Waals surface area contributed by atoms with Gasteiger partial charge in [-0.15, -0.1) is 0 Å². The maximum absolute atomic E-state index is 14.1. The molecule has 4 rings (SSSR count). The second-order valence-corrected chi connectivity index (χ2v) is 13.7. The van der Waals surface area contributed by atoms with E-state index in [0.717, 1.165) is 22.0 Å². The molecule has 0 saturated heterocycles. The zero-order valence-corrected chi connectivity index (χ0v) is 31.3. The molecule has 1 aromatic heterocycles. The van der Waals surface area contributed by atoms with Crippen LogP contribution in [0.15, 0.2) is 84.0 Å². The van der Waals surface area contributed by atoms with Gasteiger partial charge in [0.15, 0.2) is 5.96 Å². The lowest BCUT2D eigenvalue weighted by Crippen LogP contribution is -2.59. The lowest BCUT2D eigenvalue weighted by atomic mass is 10.0. The number of primary amides is 1. The van der Waals surface area contributed by atoms with Gasteiger partial charge in [0.25, 0.3) is 0 Å². The number of nitrogens with two attached hydrogens (primary N) is 3. The van der Waals surface area contributed by atoms with Crippen molar-refractivity contribution in [1.82, 2.24) is 26.3 Å². The number of hydrogen-bond acceptors (Lipinski definition) is 7. The van der Waals surface area contributed by atoms with Crippen LogP contribution in [-0.2, 0) is 43.2 Å². The number of aromatic nitrogens is 1. The van der Waals surface area contributed by atoms with Gasteiger partial charge in [-0.2, -0.15) is 0 Å². The van der Waals surface area contributed by atoms with Gasteiger partial charge in [0.2, 0.25) is 29.5 Å². The van der Waals surface area contributed by atoms with Crippen molar-refractivity contribution in [1.29, 1.82) is 0 Å². The van der Waals surface area contributed by atoms with E-state index in [9.17, 15) is 29.1 Å². The van der Waals surface area contributed by atoms with E-state index in [-0.39, 0.29) is 50.4 Å². The van der Waals surface area contributed by atoms with Crippen LogP contribution in [0.25, 0.3) is 10.9 Å². The number of H-pyrrole nitrogens is 1. The largest absolute Gasteiger partial charge is 0.507 e. The molecule has 0 radical (unpaired) electrons. The van der Waals surface area contributed by atoms with E-state index in [2.05, 4.69) is 31.2 Å². The first kappa shape index (κ1) is 40.1. The molecule has 0 unspecified atom stereocenters. The molecule has 0 spiro atoms. The van der Waals surface area contributed by atoms with Gasteiger partial charge < -0.3 is 48.6 Å². The van der Waals surface area contributed by atoms with Gasteiger partial charge in [0, 0.05) is 49.8 Å². The minimum Gasteiger partial charge on any atom is -0.507 e. The summed E-state index contributed by atoms with van der Waals surface area (Å²) in [5, 5.41) is 21.7. The molecule has 0 aliphatic heterocycles. The number of benzene rings is 3. The monoisotopic (exact) mass is 837 g/mol. The van der Waals surface area contributed by atoms with Crippen LogP contribution in [0.4, 0.5) is 0 Å². The number of amides is 5. The fraction of sp³-hybridized carbons (Fsp3) is 0.297. The summed E-state index contributed by atoms with van der Waals surface area (Å²) in [5.74, 6) is -3.28. The molecule has 4 atom stereocenters. The first-order chi connectivity index (χ1) is 25.3. The van der Waals surface area contributed by atoms with E-state index in [1.165, 1.54) is 13.0 Å². The summed E-state index contributed by atoms with van der Waals surface area (Å²) in [5.41, 5.74) is 19.7. The van der Waals surface area contributed by atoms with Crippen LogP contribution in [0.5, 0.6) is 5.75 Å². The fourth-order valence-corrected chi connectivity index (χ4v) is 6.34. The molecule has 53 heavy (non-hydrogen) atoms. The number of aliphatic imine (C=N–C) groups is 1. The molecule has 3 aromatic carbocycles. The molecule has 280 valence electrons. The molecule has 0 fully saturated rings. The normalized spacial score (nSPS) is 13.2. The molecule has 0 saturated carbocycles. The van der Waals surface area contributed by atoms with Crippen molar-refractivity contribution < 1.29 is 29.1 Å². The van der Waals surface area contributed by atoms with Crippen molar-refractivity contribution >= 4 is 69.0 Å². The quantitative estimate of drug-likeness (QED) is 0.0302. The number of para-hydroxylation sites is 1. The lowest BCUT2D eigenvalue weighted by molar-refractivity contribution is -0.134. The molecular formula is C37H44IN9O6. The Morgan fingerprint density at radius 2 is 1.36 bits per heavy atom. The Morgan fingerprint density at radius 3 is 2.02 bits per heavy atom. The summed E-state index contributed by atoms with van der Waals surface area (Å²) in [4.78, 5) is 73.5. The van der Waals surface area contributed by atoms with Crippen molar-refractivity contribution in [3.8, 4) is 5.75 Å². The second-order valence-electron chi connectivity index (χ2n) is 12.5. The molecular weight excluding hydrogens is 793 g/mol. The third kappa shape index (κ3) is 12.2. The predicted octanol–water partition coefficient (Wildman–Crippen LogP) is 1.00. The first-order valence-electron chi connectivity index (χ1n) is 16.9. The second kappa shape index (κ2) is 19.3. The highest BCUT2D eigenvalue weighted by atomic mass is 127. The van der Waals surface area contributed by atoms with Gasteiger partial charge in [0.05, 0.1) is 3.57 Å². The maximum atomic E-state index is 14.1. The number of aromatic amines is 1. The Bertz CT molecular complexity index is 1950. The van der Waals surface area contributed by atoms with E-state index in [1.54, 1.807) is 42.6 Å². The van der Waals surface area contributed by atoms with Crippen LogP contribution in [0.3, 0.4) is 0 Å². The third-order valence-corrected chi connectivity index (χ3v) is 9.26. The van der Waals surface area contributed by atoms with E-state index in [0.29, 0.717) is 9.13 Å². The van der Waals surface area contributed by atoms with Gasteiger partial charge in [-0.1, -0.05) is 54.6 Å². The number of halogens is 1. The number of fused-ring (bicyclic) bond motifs is 1. The number of phenolic OH excluding ortho intramolecular Hbond substituents is 1. The summed E-state index contributed by atoms with van der Waals surface area (Å²) in [6.07, 6.45) is 2.32. The smallest absolute Gasteiger partial charge is 0.243 e.